The molecule has 0 saturated heterocycles. The zero-order valence-electron chi connectivity index (χ0n) is 11.8. The van der Waals surface area contributed by atoms with E-state index < -0.39 is 5.82 Å². The monoisotopic (exact) mass is 361 g/mol. The van der Waals surface area contributed by atoms with Crippen molar-refractivity contribution in [1.82, 2.24) is 20.2 Å². The van der Waals surface area contributed by atoms with E-state index in [1.54, 1.807) is 18.2 Å². The summed E-state index contributed by atoms with van der Waals surface area (Å²) in [5.41, 5.74) is 2.31. The molecule has 0 bridgehead atoms. The fourth-order valence-electron chi connectivity index (χ4n) is 2.05. The lowest BCUT2D eigenvalue weighted by molar-refractivity contribution is 0.608. The first-order valence-electron chi connectivity index (χ1n) is 6.77. The normalized spacial score (nSPS) is 10.7. The molecule has 1 N–H and O–H groups in total. The van der Waals surface area contributed by atoms with Gasteiger partial charge in [-0.15, -0.1) is 0 Å². The molecule has 0 radical (unpaired) electrons. The van der Waals surface area contributed by atoms with Crippen LogP contribution in [0, 0.1) is 5.82 Å². The zero-order valence-corrected chi connectivity index (χ0v) is 13.4. The highest BCUT2D eigenvalue weighted by Gasteiger charge is 2.13. The van der Waals surface area contributed by atoms with Gasteiger partial charge in [0.05, 0.1) is 5.69 Å². The highest BCUT2D eigenvalue weighted by atomic mass is 79.9. The Morgan fingerprint density at radius 1 is 1.23 bits per heavy atom. The van der Waals surface area contributed by atoms with Crippen LogP contribution in [0.5, 0.6) is 0 Å². The average molecular weight is 362 g/mol. The molecule has 0 fully saturated rings. The van der Waals surface area contributed by atoms with Crippen molar-refractivity contribution in [1.29, 1.82) is 0 Å². The SMILES string of the molecule is CCc1ccc(Nc2nnnn2-c2ccccc2F)c(Br)c1. The molecular weight excluding hydrogens is 349 g/mol. The zero-order chi connectivity index (χ0) is 15.5. The van der Waals surface area contributed by atoms with E-state index in [2.05, 4.69) is 43.7 Å². The number of hydrogen-bond acceptors (Lipinski definition) is 4. The Morgan fingerprint density at radius 2 is 2.05 bits per heavy atom. The Balaban J connectivity index is 1.95. The lowest BCUT2D eigenvalue weighted by atomic mass is 10.1. The predicted octanol–water partition coefficient (Wildman–Crippen LogP) is 3.87. The maximum Gasteiger partial charge on any atom is 0.252 e. The van der Waals surface area contributed by atoms with Gasteiger partial charge in [0.15, 0.2) is 0 Å². The van der Waals surface area contributed by atoms with Crippen LogP contribution in [-0.4, -0.2) is 20.2 Å². The minimum absolute atomic E-state index is 0.288. The summed E-state index contributed by atoms with van der Waals surface area (Å²) in [7, 11) is 0. The number of aryl methyl sites for hydroxylation is 1. The third kappa shape index (κ3) is 2.85. The van der Waals surface area contributed by atoms with E-state index in [1.807, 2.05) is 18.2 Å². The molecule has 0 atom stereocenters. The summed E-state index contributed by atoms with van der Waals surface area (Å²) in [5, 5.41) is 14.5. The van der Waals surface area contributed by atoms with Crippen molar-refractivity contribution >= 4 is 27.6 Å². The van der Waals surface area contributed by atoms with E-state index in [0.717, 1.165) is 16.6 Å². The molecule has 0 aliphatic carbocycles. The van der Waals surface area contributed by atoms with E-state index in [1.165, 1.54) is 16.3 Å². The van der Waals surface area contributed by atoms with Gasteiger partial charge in [0.1, 0.15) is 11.5 Å². The number of para-hydroxylation sites is 1. The van der Waals surface area contributed by atoms with Gasteiger partial charge in [0.25, 0.3) is 5.95 Å². The molecule has 1 aromatic heterocycles. The number of rotatable bonds is 4. The van der Waals surface area contributed by atoms with E-state index in [9.17, 15) is 4.39 Å². The minimum atomic E-state index is -0.391. The van der Waals surface area contributed by atoms with Gasteiger partial charge < -0.3 is 5.32 Å². The van der Waals surface area contributed by atoms with Crippen LogP contribution >= 0.6 is 15.9 Å². The second-order valence-corrected chi connectivity index (χ2v) is 5.51. The number of aromatic nitrogens is 4. The molecule has 3 aromatic rings. The first kappa shape index (κ1) is 14.6. The van der Waals surface area contributed by atoms with Crippen LogP contribution in [0.2, 0.25) is 0 Å². The summed E-state index contributed by atoms with van der Waals surface area (Å²) in [6, 6.07) is 12.3. The van der Waals surface area contributed by atoms with Gasteiger partial charge in [-0.25, -0.2) is 4.39 Å². The number of nitrogens with zero attached hydrogens (tertiary/aromatic N) is 4. The summed E-state index contributed by atoms with van der Waals surface area (Å²) in [6.45, 7) is 2.09. The second-order valence-electron chi connectivity index (χ2n) is 4.66. The van der Waals surface area contributed by atoms with Gasteiger partial charge in [-0.3, -0.25) is 0 Å². The molecule has 0 aliphatic heterocycles. The Morgan fingerprint density at radius 3 is 2.77 bits per heavy atom. The molecule has 112 valence electrons. The van der Waals surface area contributed by atoms with Gasteiger partial charge in [0, 0.05) is 4.47 Å². The van der Waals surface area contributed by atoms with E-state index in [4.69, 9.17) is 0 Å². The number of nitrogens with one attached hydrogen (secondary N) is 1. The number of anilines is 2. The molecule has 0 amide bonds. The molecule has 0 saturated carbocycles. The molecule has 0 aliphatic rings. The molecule has 22 heavy (non-hydrogen) atoms. The molecule has 2 aromatic carbocycles. The molecule has 0 spiro atoms. The van der Waals surface area contributed by atoms with Crippen molar-refractivity contribution in [2.24, 2.45) is 0 Å². The molecule has 1 heterocycles. The van der Waals surface area contributed by atoms with Crippen molar-refractivity contribution in [2.75, 3.05) is 5.32 Å². The van der Waals surface area contributed by atoms with Crippen LogP contribution in [0.4, 0.5) is 16.0 Å². The summed E-state index contributed by atoms with van der Waals surface area (Å²) in [5.74, 6) is -0.0479. The first-order chi connectivity index (χ1) is 10.7. The summed E-state index contributed by atoms with van der Waals surface area (Å²) < 4.78 is 16.1. The highest BCUT2D eigenvalue weighted by Crippen LogP contribution is 2.27. The van der Waals surface area contributed by atoms with Crippen LogP contribution in [-0.2, 0) is 6.42 Å². The maximum atomic E-state index is 13.9. The summed E-state index contributed by atoms with van der Waals surface area (Å²) in [4.78, 5) is 0. The van der Waals surface area contributed by atoms with Gasteiger partial charge >= 0.3 is 0 Å². The van der Waals surface area contributed by atoms with E-state index in [-0.39, 0.29) is 5.69 Å². The van der Waals surface area contributed by atoms with Gasteiger partial charge in [-0.05, 0) is 62.6 Å². The quantitative estimate of drug-likeness (QED) is 0.766. The Kier molecular flexibility index (Phi) is 4.15. The second kappa shape index (κ2) is 6.23. The first-order valence-corrected chi connectivity index (χ1v) is 7.57. The van der Waals surface area contributed by atoms with Crippen LogP contribution in [0.3, 0.4) is 0 Å². The van der Waals surface area contributed by atoms with Crippen LogP contribution in [0.25, 0.3) is 5.69 Å². The standard InChI is InChI=1S/C15H13BrFN5/c1-2-10-7-8-13(11(16)9-10)18-15-19-20-21-22(15)14-6-4-3-5-12(14)17/h3-9H,2H2,1H3,(H,18,19,21). The topological polar surface area (TPSA) is 55.6 Å². The fraction of sp³-hybridized carbons (Fsp3) is 0.133. The van der Waals surface area contributed by atoms with E-state index in [0.29, 0.717) is 5.95 Å². The third-order valence-electron chi connectivity index (χ3n) is 3.24. The Hall–Kier alpha value is -2.28. The number of benzene rings is 2. The van der Waals surface area contributed by atoms with Crippen molar-refractivity contribution in [3.63, 3.8) is 0 Å². The Labute approximate surface area is 135 Å². The molecular formula is C15H13BrFN5. The lowest BCUT2D eigenvalue weighted by Crippen LogP contribution is -2.05. The third-order valence-corrected chi connectivity index (χ3v) is 3.89. The van der Waals surface area contributed by atoms with Crippen molar-refractivity contribution < 1.29 is 4.39 Å². The average Bonchev–Trinajstić information content (AvgIpc) is 2.98. The smallest absolute Gasteiger partial charge is 0.252 e. The van der Waals surface area contributed by atoms with E-state index >= 15 is 0 Å². The van der Waals surface area contributed by atoms with Crippen LogP contribution in [0.1, 0.15) is 12.5 Å². The largest absolute Gasteiger partial charge is 0.322 e. The van der Waals surface area contributed by atoms with Gasteiger partial charge in [0.2, 0.25) is 0 Å². The van der Waals surface area contributed by atoms with Crippen molar-refractivity contribution in [3.05, 3.63) is 58.3 Å². The molecule has 7 heteroatoms. The molecule has 3 rings (SSSR count). The predicted molar refractivity (Wildman–Crippen MR) is 85.9 cm³/mol. The number of halogens is 2. The summed E-state index contributed by atoms with van der Waals surface area (Å²) >= 11 is 3.51. The van der Waals surface area contributed by atoms with Crippen LogP contribution in [0.15, 0.2) is 46.9 Å². The maximum absolute atomic E-state index is 13.9. The number of tetrazole rings is 1. The highest BCUT2D eigenvalue weighted by molar-refractivity contribution is 9.10. The summed E-state index contributed by atoms with van der Waals surface area (Å²) in [6.07, 6.45) is 0.950. The minimum Gasteiger partial charge on any atom is -0.322 e. The van der Waals surface area contributed by atoms with Gasteiger partial charge in [-0.2, -0.15) is 4.68 Å². The lowest BCUT2D eigenvalue weighted by Gasteiger charge is -2.10. The van der Waals surface area contributed by atoms with Crippen molar-refractivity contribution in [3.8, 4) is 5.69 Å². The van der Waals surface area contributed by atoms with Gasteiger partial charge in [-0.1, -0.05) is 30.2 Å². The molecule has 5 nitrogen and oxygen atoms in total. The fourth-order valence-corrected chi connectivity index (χ4v) is 2.58. The number of hydrogen-bond donors (Lipinski definition) is 1. The Bertz CT molecular complexity index is 802. The van der Waals surface area contributed by atoms with Crippen LogP contribution < -0.4 is 5.32 Å². The van der Waals surface area contributed by atoms with Crippen molar-refractivity contribution in [2.45, 2.75) is 13.3 Å². The molecule has 0 unspecified atom stereocenters.